The molecule has 21 heteroatoms. The van der Waals surface area contributed by atoms with Crippen molar-refractivity contribution in [3.63, 3.8) is 0 Å². The Morgan fingerprint density at radius 3 is 2.41 bits per heavy atom. The van der Waals surface area contributed by atoms with E-state index in [4.69, 9.17) is 16.3 Å². The van der Waals surface area contributed by atoms with Crippen LogP contribution in [0.1, 0.15) is 80.0 Å². The van der Waals surface area contributed by atoms with Crippen LogP contribution in [0.5, 0.6) is 5.75 Å². The Labute approximate surface area is 379 Å². The number of alkyl halides is 5. The van der Waals surface area contributed by atoms with Crippen molar-refractivity contribution in [1.82, 2.24) is 34.5 Å². The van der Waals surface area contributed by atoms with Crippen molar-refractivity contribution in [2.75, 3.05) is 54.9 Å². The van der Waals surface area contributed by atoms with Gasteiger partial charge in [0.25, 0.3) is 5.56 Å². The maximum atomic E-state index is 15.8. The molecular formula is C45H47ClF6N10O4. The lowest BCUT2D eigenvalue weighted by molar-refractivity contribution is -0.137. The zero-order valence-corrected chi connectivity index (χ0v) is 36.8. The first-order valence-electron chi connectivity index (χ1n) is 22.3. The van der Waals surface area contributed by atoms with E-state index in [-0.39, 0.29) is 80.3 Å². The smallest absolute Gasteiger partial charge is 0.418 e. The Morgan fingerprint density at radius 2 is 1.71 bits per heavy atom. The number of hydrogen-bond donors (Lipinski definition) is 3. The van der Waals surface area contributed by atoms with Gasteiger partial charge in [0.1, 0.15) is 10.8 Å². The fourth-order valence-corrected chi connectivity index (χ4v) is 10.6. The summed E-state index contributed by atoms with van der Waals surface area (Å²) < 4.78 is 98.7. The van der Waals surface area contributed by atoms with Gasteiger partial charge in [-0.1, -0.05) is 23.7 Å². The molecule has 2 unspecified atom stereocenters. The average molecular weight is 941 g/mol. The second-order valence-corrected chi connectivity index (χ2v) is 18.8. The molecule has 0 bridgehead atoms. The summed E-state index contributed by atoms with van der Waals surface area (Å²) in [5.74, 6) is -5.81. The van der Waals surface area contributed by atoms with Gasteiger partial charge in [-0.3, -0.25) is 24.4 Å². The summed E-state index contributed by atoms with van der Waals surface area (Å²) in [4.78, 5) is 51.1. The van der Waals surface area contributed by atoms with Crippen molar-refractivity contribution in [3.8, 4) is 5.75 Å². The standard InChI is InChI=1S/C45H47ClF6N10O4/c1-59-32-18-30(47)31(17-28(32)36-38(42(59)65)66-21-44(48,49)39(56-36)24-3-4-24)54-40-29(46)19-53-43(57-40)62-15-9-22(10-16-62)20-61-13-11-23(12-14-61)25-5-6-26-35(27-7-8-33(63)55-41(27)64)58-60(2)37(26)34(25)45(50,51)52/h5-6,17-19,22-24,27,39,56H,3-4,7-16,20-21H2,1-2H3,(H,53,54,57)(H,55,63,64). The third-order valence-electron chi connectivity index (χ3n) is 14.0. The third kappa shape index (κ3) is 8.06. The molecule has 10 rings (SSSR count). The van der Waals surface area contributed by atoms with Crippen LogP contribution in [0.15, 0.2) is 35.3 Å². The maximum absolute atomic E-state index is 15.8. The lowest BCUT2D eigenvalue weighted by atomic mass is 9.84. The maximum Gasteiger partial charge on any atom is 0.418 e. The minimum Gasteiger partial charge on any atom is -0.480 e. The second-order valence-electron chi connectivity index (χ2n) is 18.4. The Bertz CT molecular complexity index is 2830. The van der Waals surface area contributed by atoms with Crippen LogP contribution in [0, 0.1) is 17.7 Å². The monoisotopic (exact) mass is 940 g/mol. The molecule has 1 aliphatic carbocycles. The number of amides is 2. The van der Waals surface area contributed by atoms with Crippen LogP contribution in [-0.4, -0.2) is 92.3 Å². The molecule has 14 nitrogen and oxygen atoms in total. The van der Waals surface area contributed by atoms with Crippen LogP contribution < -0.4 is 31.1 Å². The lowest BCUT2D eigenvalue weighted by Crippen LogP contribution is -2.44. The van der Waals surface area contributed by atoms with Gasteiger partial charge in [0, 0.05) is 57.0 Å². The first kappa shape index (κ1) is 44.2. The second kappa shape index (κ2) is 16.6. The predicted molar refractivity (Wildman–Crippen MR) is 234 cm³/mol. The Balaban J connectivity index is 0.796. The molecule has 2 aromatic carbocycles. The minimum absolute atomic E-state index is 0.0516. The molecule has 1 saturated carbocycles. The van der Waals surface area contributed by atoms with E-state index < -0.39 is 59.4 Å². The van der Waals surface area contributed by atoms with E-state index in [9.17, 15) is 27.6 Å². The fraction of sp³-hybridized carbons (Fsp3) is 0.511. The molecule has 66 heavy (non-hydrogen) atoms. The van der Waals surface area contributed by atoms with Gasteiger partial charge in [-0.25, -0.2) is 18.2 Å². The zero-order chi connectivity index (χ0) is 46.4. The first-order chi connectivity index (χ1) is 31.4. The molecule has 5 aliphatic rings. The number of aromatic nitrogens is 5. The molecule has 5 aromatic rings. The molecule has 3 aromatic heterocycles. The van der Waals surface area contributed by atoms with Crippen molar-refractivity contribution >= 4 is 68.4 Å². The fourth-order valence-electron chi connectivity index (χ4n) is 10.4. The number of hydrogen-bond acceptors (Lipinski definition) is 11. The van der Waals surface area contributed by atoms with Gasteiger partial charge in [0.2, 0.25) is 23.5 Å². The minimum atomic E-state index is -4.66. The van der Waals surface area contributed by atoms with E-state index in [0.29, 0.717) is 69.1 Å². The molecule has 3 saturated heterocycles. The van der Waals surface area contributed by atoms with Crippen LogP contribution in [0.3, 0.4) is 0 Å². The molecule has 4 fully saturated rings. The summed E-state index contributed by atoms with van der Waals surface area (Å²) in [5.41, 5.74) is -0.780. The van der Waals surface area contributed by atoms with E-state index >= 15 is 13.2 Å². The summed E-state index contributed by atoms with van der Waals surface area (Å²) in [6.07, 6.45) is 0.944. The topological polar surface area (TPSA) is 152 Å². The number of nitrogens with one attached hydrogen (secondary N) is 3. The van der Waals surface area contributed by atoms with Crippen molar-refractivity contribution in [2.24, 2.45) is 25.9 Å². The molecule has 0 spiro atoms. The quantitative estimate of drug-likeness (QED) is 0.104. The molecule has 3 N–H and O–H groups in total. The molecule has 350 valence electrons. The number of fused-ring (bicyclic) bond motifs is 4. The Hall–Kier alpha value is -5.63. The third-order valence-corrected chi connectivity index (χ3v) is 14.3. The number of carbonyl (C=O) groups excluding carboxylic acids is 2. The van der Waals surface area contributed by atoms with Gasteiger partial charge in [0.05, 0.1) is 51.8 Å². The molecule has 7 heterocycles. The summed E-state index contributed by atoms with van der Waals surface area (Å²) >= 11 is 6.54. The van der Waals surface area contributed by atoms with Crippen LogP contribution in [0.4, 0.5) is 49.5 Å². The number of rotatable bonds is 8. The summed E-state index contributed by atoms with van der Waals surface area (Å²) in [7, 11) is 2.88. The molecule has 0 radical (unpaired) electrons. The molecular weight excluding hydrogens is 894 g/mol. The van der Waals surface area contributed by atoms with Crippen molar-refractivity contribution in [2.45, 2.75) is 81.3 Å². The van der Waals surface area contributed by atoms with E-state index in [2.05, 4.69) is 35.9 Å². The number of benzene rings is 2. The molecule has 4 aliphatic heterocycles. The SMILES string of the molecule is Cn1nc(C2CCC(=O)NC2=O)c2ccc(C3CCN(CC4CCN(c5ncc(Cl)c(Nc6cc7c8c(c(=O)n(C)c7cc6F)OCC(F)(F)C(C6CC6)N8)n5)CC4)CC3)c(C(F)(F)F)c21. The highest BCUT2D eigenvalue weighted by Gasteiger charge is 2.51. The van der Waals surface area contributed by atoms with Gasteiger partial charge in [0.15, 0.2) is 12.4 Å². The van der Waals surface area contributed by atoms with Gasteiger partial charge in [-0.15, -0.1) is 0 Å². The first-order valence-corrected chi connectivity index (χ1v) is 22.6. The van der Waals surface area contributed by atoms with Crippen LogP contribution in [-0.2, 0) is 29.9 Å². The number of likely N-dealkylation sites (tertiary alicyclic amines) is 1. The number of piperidine rings is 3. The van der Waals surface area contributed by atoms with Gasteiger partial charge < -0.3 is 29.7 Å². The summed E-state index contributed by atoms with van der Waals surface area (Å²) in [5, 5.41) is 13.2. The summed E-state index contributed by atoms with van der Waals surface area (Å²) in [6.45, 7) is 2.31. The molecule has 2 atom stereocenters. The van der Waals surface area contributed by atoms with E-state index in [0.717, 1.165) is 25.5 Å². The number of aryl methyl sites for hydroxylation is 2. The van der Waals surface area contributed by atoms with E-state index in [1.54, 1.807) is 6.07 Å². The van der Waals surface area contributed by atoms with E-state index in [1.165, 1.54) is 41.7 Å². The molecule has 2 amide bonds. The summed E-state index contributed by atoms with van der Waals surface area (Å²) in [6, 6.07) is 4.50. The highest BCUT2D eigenvalue weighted by molar-refractivity contribution is 6.33. The average Bonchev–Trinajstić information content (AvgIpc) is 4.08. The number of carbonyl (C=O) groups is 2. The van der Waals surface area contributed by atoms with Gasteiger partial charge in [-0.05, 0) is 87.4 Å². The number of nitrogens with zero attached hydrogens (tertiary/aromatic N) is 7. The largest absolute Gasteiger partial charge is 0.480 e. The van der Waals surface area contributed by atoms with Gasteiger partial charge >= 0.3 is 12.1 Å². The lowest BCUT2D eigenvalue weighted by Gasteiger charge is -2.38. The Kier molecular flexibility index (Phi) is 11.1. The van der Waals surface area contributed by atoms with Crippen LogP contribution >= 0.6 is 11.6 Å². The highest BCUT2D eigenvalue weighted by Crippen LogP contribution is 2.47. The van der Waals surface area contributed by atoms with Crippen LogP contribution in [0.2, 0.25) is 5.02 Å². The predicted octanol–water partition coefficient (Wildman–Crippen LogP) is 7.60. The number of imide groups is 1. The zero-order valence-electron chi connectivity index (χ0n) is 36.1. The number of ether oxygens (including phenoxy) is 1. The number of halogens is 7. The number of anilines is 4. The van der Waals surface area contributed by atoms with Crippen LogP contribution in [0.25, 0.3) is 21.8 Å². The van der Waals surface area contributed by atoms with Gasteiger partial charge in [-0.2, -0.15) is 23.3 Å². The Morgan fingerprint density at radius 1 is 0.970 bits per heavy atom. The van der Waals surface area contributed by atoms with Crippen molar-refractivity contribution in [3.05, 3.63) is 68.5 Å². The normalized spacial score (nSPS) is 22.2. The number of pyridine rings is 1. The van der Waals surface area contributed by atoms with Crippen molar-refractivity contribution in [1.29, 1.82) is 0 Å². The highest BCUT2D eigenvalue weighted by atomic mass is 35.5. The van der Waals surface area contributed by atoms with Crippen molar-refractivity contribution < 1.29 is 40.7 Å². The van der Waals surface area contributed by atoms with E-state index in [1.807, 2.05) is 4.90 Å².